The zero-order chi connectivity index (χ0) is 7.98. The molecule has 0 amide bonds. The molecule has 0 nitrogen and oxygen atoms in total. The zero-order valence-electron chi connectivity index (χ0n) is 7.57. The third-order valence-corrected chi connectivity index (χ3v) is 5.63. The van der Waals surface area contributed by atoms with Crippen molar-refractivity contribution in [2.45, 2.75) is 33.5 Å². The molecule has 0 rings (SSSR count). The van der Waals surface area contributed by atoms with Crippen LogP contribution in [-0.2, 0) is 0 Å². The van der Waals surface area contributed by atoms with E-state index in [0.717, 1.165) is 0 Å². The van der Waals surface area contributed by atoms with Crippen molar-refractivity contribution in [1.82, 2.24) is 0 Å². The monoisotopic (exact) mass is 262 g/mol. The van der Waals surface area contributed by atoms with Crippen molar-refractivity contribution in [2.24, 2.45) is 0 Å². The predicted molar refractivity (Wildman–Crippen MR) is 53.7 cm³/mol. The van der Waals surface area contributed by atoms with Crippen LogP contribution in [-0.4, -0.2) is 28.7 Å². The van der Waals surface area contributed by atoms with E-state index in [1.807, 2.05) is 0 Å². The standard InChI is InChI=1S/C8H18Ge2/c1-9(2)7-5-6-8-10(3)4/h5-6H,7-8H2,1-4H3/b6-5-. The van der Waals surface area contributed by atoms with Gasteiger partial charge >= 0.3 is 74.4 Å². The van der Waals surface area contributed by atoms with Crippen molar-refractivity contribution < 1.29 is 0 Å². The maximum absolute atomic E-state index is 2.43. The molecule has 0 aliphatic rings. The van der Waals surface area contributed by atoms with Gasteiger partial charge in [0.05, 0.1) is 0 Å². The summed E-state index contributed by atoms with van der Waals surface area (Å²) in [7, 11) is 0. The quantitative estimate of drug-likeness (QED) is 0.538. The van der Waals surface area contributed by atoms with Gasteiger partial charge in [-0.2, -0.15) is 0 Å². The van der Waals surface area contributed by atoms with Crippen molar-refractivity contribution in [3.05, 3.63) is 12.2 Å². The molecular formula is C8H18Ge2. The minimum atomic E-state index is -0.528. The van der Waals surface area contributed by atoms with Crippen LogP contribution in [0.5, 0.6) is 0 Å². The van der Waals surface area contributed by atoms with Gasteiger partial charge in [-0.3, -0.25) is 0 Å². The SMILES string of the molecule is [CH3][Ge]([CH3])[CH2]/C=C\[CH2][Ge]([CH3])[CH3]. The molecule has 0 fully saturated rings. The molecular weight excluding hydrogens is 241 g/mol. The summed E-state index contributed by atoms with van der Waals surface area (Å²) in [6, 6.07) is 0. The van der Waals surface area contributed by atoms with E-state index in [0.29, 0.717) is 0 Å². The maximum atomic E-state index is 2.43. The normalized spacial score (nSPS) is 12.2. The molecule has 0 aromatic rings. The molecule has 0 aliphatic carbocycles. The third kappa shape index (κ3) is 8.83. The van der Waals surface area contributed by atoms with Crippen LogP contribution in [0, 0.1) is 0 Å². The van der Waals surface area contributed by atoms with Crippen molar-refractivity contribution in [2.75, 3.05) is 0 Å². The van der Waals surface area contributed by atoms with E-state index in [1.54, 1.807) is 0 Å². The molecule has 2 radical (unpaired) electrons. The molecule has 0 atom stereocenters. The summed E-state index contributed by atoms with van der Waals surface area (Å²) in [6.45, 7) is 0. The zero-order valence-corrected chi connectivity index (χ0v) is 11.8. The van der Waals surface area contributed by atoms with Gasteiger partial charge in [0.15, 0.2) is 0 Å². The van der Waals surface area contributed by atoms with Crippen LogP contribution < -0.4 is 0 Å². The summed E-state index contributed by atoms with van der Waals surface area (Å²) in [5.74, 6) is 9.72. The van der Waals surface area contributed by atoms with Crippen LogP contribution in [0.25, 0.3) is 0 Å². The van der Waals surface area contributed by atoms with Crippen LogP contribution in [0.15, 0.2) is 12.2 Å². The Labute approximate surface area is 74.3 Å². The number of rotatable bonds is 4. The van der Waals surface area contributed by atoms with E-state index in [9.17, 15) is 0 Å². The fourth-order valence-corrected chi connectivity index (χ4v) is 3.32. The Kier molecular flexibility index (Phi) is 7.07. The molecule has 0 N–H and O–H groups in total. The predicted octanol–water partition coefficient (Wildman–Crippen LogP) is 3.05. The number of hydrogen-bond acceptors (Lipinski definition) is 0. The molecule has 0 saturated carbocycles. The Morgan fingerprint density at radius 1 is 0.800 bits per heavy atom. The van der Waals surface area contributed by atoms with Crippen LogP contribution in [0.2, 0.25) is 33.5 Å². The summed E-state index contributed by atoms with van der Waals surface area (Å²) < 4.78 is 0. The number of allylic oxidation sites excluding steroid dienone is 2. The molecule has 0 spiro atoms. The Morgan fingerprint density at radius 3 is 1.30 bits per heavy atom. The second kappa shape index (κ2) is 6.53. The average Bonchev–Trinajstić information content (AvgIpc) is 1.79. The van der Waals surface area contributed by atoms with E-state index in [4.69, 9.17) is 0 Å². The van der Waals surface area contributed by atoms with E-state index >= 15 is 0 Å². The van der Waals surface area contributed by atoms with Gasteiger partial charge in [-0.15, -0.1) is 0 Å². The molecule has 0 heterocycles. The minimum absolute atomic E-state index is 0.528. The Morgan fingerprint density at radius 2 is 1.10 bits per heavy atom. The summed E-state index contributed by atoms with van der Waals surface area (Å²) in [4.78, 5) is 0. The summed E-state index contributed by atoms with van der Waals surface area (Å²) in [5.41, 5.74) is 0. The Balaban J connectivity index is 3.20. The van der Waals surface area contributed by atoms with Crippen molar-refractivity contribution in [3.8, 4) is 0 Å². The van der Waals surface area contributed by atoms with Crippen molar-refractivity contribution in [3.63, 3.8) is 0 Å². The fourth-order valence-electron chi connectivity index (χ4n) is 0.638. The van der Waals surface area contributed by atoms with Gasteiger partial charge in [0.25, 0.3) is 0 Å². The number of hydrogen-bond donors (Lipinski definition) is 0. The first kappa shape index (κ1) is 10.8. The first-order valence-electron chi connectivity index (χ1n) is 3.86. The van der Waals surface area contributed by atoms with Crippen molar-refractivity contribution in [1.29, 1.82) is 0 Å². The average molecular weight is 259 g/mol. The molecule has 0 aromatic heterocycles. The van der Waals surface area contributed by atoms with Gasteiger partial charge in [-0.25, -0.2) is 0 Å². The molecule has 0 unspecified atom stereocenters. The second-order valence-electron chi connectivity index (χ2n) is 3.29. The van der Waals surface area contributed by atoms with Crippen LogP contribution in [0.4, 0.5) is 0 Å². The molecule has 0 bridgehead atoms. The molecule has 0 aliphatic heterocycles. The van der Waals surface area contributed by atoms with Gasteiger partial charge in [-0.1, -0.05) is 0 Å². The second-order valence-corrected chi connectivity index (χ2v) is 15.1. The van der Waals surface area contributed by atoms with Gasteiger partial charge in [-0.05, 0) is 0 Å². The molecule has 58 valence electrons. The first-order valence-corrected chi connectivity index (χ1v) is 15.2. The van der Waals surface area contributed by atoms with E-state index in [1.165, 1.54) is 10.5 Å². The molecule has 2 heteroatoms. The third-order valence-electron chi connectivity index (χ3n) is 1.22. The first-order chi connectivity index (χ1) is 4.63. The molecule has 10 heavy (non-hydrogen) atoms. The summed E-state index contributed by atoms with van der Waals surface area (Å²) in [6.07, 6.45) is 4.82. The van der Waals surface area contributed by atoms with Crippen LogP contribution in [0.1, 0.15) is 0 Å². The van der Waals surface area contributed by atoms with Crippen molar-refractivity contribution >= 4 is 28.7 Å². The Bertz CT molecular complexity index is 83.4. The van der Waals surface area contributed by atoms with Gasteiger partial charge < -0.3 is 0 Å². The van der Waals surface area contributed by atoms with Crippen LogP contribution >= 0.6 is 0 Å². The van der Waals surface area contributed by atoms with Crippen LogP contribution in [0.3, 0.4) is 0 Å². The molecule has 0 aromatic carbocycles. The molecule has 0 saturated heterocycles. The van der Waals surface area contributed by atoms with Gasteiger partial charge in [0.1, 0.15) is 0 Å². The van der Waals surface area contributed by atoms with Gasteiger partial charge in [0.2, 0.25) is 0 Å². The summed E-state index contributed by atoms with van der Waals surface area (Å²) in [5, 5.41) is 2.84. The fraction of sp³-hybridized carbons (Fsp3) is 0.750. The van der Waals surface area contributed by atoms with E-state index in [-0.39, 0.29) is 0 Å². The van der Waals surface area contributed by atoms with Gasteiger partial charge in [0, 0.05) is 0 Å². The topological polar surface area (TPSA) is 0 Å². The summed E-state index contributed by atoms with van der Waals surface area (Å²) >= 11 is -1.06. The van der Waals surface area contributed by atoms with E-state index in [2.05, 4.69) is 35.2 Å². The van der Waals surface area contributed by atoms with E-state index < -0.39 is 28.7 Å². The Hall–Kier alpha value is 0.826.